The van der Waals surface area contributed by atoms with E-state index in [9.17, 15) is 9.90 Å². The summed E-state index contributed by atoms with van der Waals surface area (Å²) in [5.74, 6) is -0.262. The lowest BCUT2D eigenvalue weighted by molar-refractivity contribution is -0.111. The Morgan fingerprint density at radius 3 is 2.63 bits per heavy atom. The Balaban J connectivity index is 1.73. The molecule has 1 aliphatic carbocycles. The summed E-state index contributed by atoms with van der Waals surface area (Å²) in [6, 6.07) is 15.4. The standard InChI is InChI=1S/C26H22N2O2/c1-15-7-5-6-8-21(15)26(3,4)16(2)11-19-24(29)23(25(19)30)20-14-28-22-10-9-17(13-27)12-18(20)22/h5-12,14,28-29H,2H2,1,3-4H3/b19-11-. The van der Waals surface area contributed by atoms with E-state index in [-0.39, 0.29) is 22.7 Å². The predicted molar refractivity (Wildman–Crippen MR) is 119 cm³/mol. The van der Waals surface area contributed by atoms with E-state index in [0.717, 1.165) is 27.6 Å². The first-order valence-corrected chi connectivity index (χ1v) is 9.72. The highest BCUT2D eigenvalue weighted by atomic mass is 16.3. The summed E-state index contributed by atoms with van der Waals surface area (Å²) < 4.78 is 0. The number of benzene rings is 2. The Morgan fingerprint density at radius 1 is 1.23 bits per heavy atom. The molecule has 4 heteroatoms. The molecule has 4 nitrogen and oxygen atoms in total. The number of fused-ring (bicyclic) bond motifs is 1. The van der Waals surface area contributed by atoms with Crippen LogP contribution in [0.3, 0.4) is 0 Å². The van der Waals surface area contributed by atoms with E-state index in [1.54, 1.807) is 30.5 Å². The molecule has 0 saturated heterocycles. The molecule has 1 aromatic heterocycles. The molecule has 3 aromatic rings. The van der Waals surface area contributed by atoms with Gasteiger partial charge in [0.25, 0.3) is 0 Å². The van der Waals surface area contributed by atoms with Crippen LogP contribution < -0.4 is 0 Å². The van der Waals surface area contributed by atoms with Crippen molar-refractivity contribution in [2.24, 2.45) is 0 Å². The first-order valence-electron chi connectivity index (χ1n) is 9.72. The van der Waals surface area contributed by atoms with Crippen LogP contribution in [0.2, 0.25) is 0 Å². The molecule has 4 rings (SSSR count). The Kier molecular flexibility index (Phi) is 4.47. The molecule has 0 atom stereocenters. The Bertz CT molecular complexity index is 1330. The van der Waals surface area contributed by atoms with Gasteiger partial charge in [0.2, 0.25) is 5.78 Å². The van der Waals surface area contributed by atoms with Gasteiger partial charge >= 0.3 is 0 Å². The van der Waals surface area contributed by atoms with Crippen molar-refractivity contribution in [1.82, 2.24) is 4.98 Å². The quantitative estimate of drug-likeness (QED) is 0.561. The molecule has 148 valence electrons. The molecule has 0 unspecified atom stereocenters. The van der Waals surface area contributed by atoms with Gasteiger partial charge in [0.15, 0.2) is 0 Å². The van der Waals surface area contributed by atoms with Gasteiger partial charge in [-0.2, -0.15) is 5.26 Å². The van der Waals surface area contributed by atoms with Gasteiger partial charge in [-0.05, 0) is 47.9 Å². The minimum atomic E-state index is -0.392. The van der Waals surface area contributed by atoms with Crippen LogP contribution in [0.5, 0.6) is 0 Å². The molecule has 2 aromatic carbocycles. The monoisotopic (exact) mass is 394 g/mol. The molecule has 0 aliphatic heterocycles. The molecule has 0 spiro atoms. The smallest absolute Gasteiger partial charge is 0.201 e. The highest BCUT2D eigenvalue weighted by Gasteiger charge is 2.37. The second-order valence-electron chi connectivity index (χ2n) is 8.15. The van der Waals surface area contributed by atoms with Crippen LogP contribution >= 0.6 is 0 Å². The lowest BCUT2D eigenvalue weighted by Gasteiger charge is -2.30. The predicted octanol–water partition coefficient (Wildman–Crippen LogP) is 5.66. The summed E-state index contributed by atoms with van der Waals surface area (Å²) in [4.78, 5) is 16.0. The summed E-state index contributed by atoms with van der Waals surface area (Å²) in [5.41, 5.74) is 5.07. The van der Waals surface area contributed by atoms with E-state index in [1.165, 1.54) is 0 Å². The average Bonchev–Trinajstić information content (AvgIpc) is 3.14. The second kappa shape index (κ2) is 6.89. The topological polar surface area (TPSA) is 76.9 Å². The van der Waals surface area contributed by atoms with Crippen LogP contribution in [0.1, 0.15) is 36.1 Å². The van der Waals surface area contributed by atoms with Crippen LogP contribution in [0.15, 0.2) is 78.2 Å². The van der Waals surface area contributed by atoms with Crippen LogP contribution in [-0.4, -0.2) is 15.9 Å². The number of aryl methyl sites for hydroxylation is 1. The molecular formula is C26H22N2O2. The number of nitrogens with zero attached hydrogens (tertiary/aromatic N) is 1. The number of hydrogen-bond donors (Lipinski definition) is 2. The van der Waals surface area contributed by atoms with E-state index < -0.39 is 5.41 Å². The van der Waals surface area contributed by atoms with E-state index >= 15 is 0 Å². The van der Waals surface area contributed by atoms with Crippen molar-refractivity contribution < 1.29 is 9.90 Å². The maximum atomic E-state index is 12.9. The van der Waals surface area contributed by atoms with Crippen LogP contribution in [0.25, 0.3) is 16.5 Å². The number of nitrogens with one attached hydrogen (secondary N) is 1. The molecule has 0 radical (unpaired) electrons. The number of ketones is 1. The lowest BCUT2D eigenvalue weighted by Crippen LogP contribution is -2.24. The zero-order chi connectivity index (χ0) is 21.6. The van der Waals surface area contributed by atoms with E-state index in [1.807, 2.05) is 25.1 Å². The second-order valence-corrected chi connectivity index (χ2v) is 8.15. The maximum Gasteiger partial charge on any atom is 0.201 e. The number of carbonyl (C=O) groups excluding carboxylic acids is 1. The zero-order valence-corrected chi connectivity index (χ0v) is 17.2. The van der Waals surface area contributed by atoms with E-state index in [4.69, 9.17) is 5.26 Å². The van der Waals surface area contributed by atoms with E-state index in [0.29, 0.717) is 11.1 Å². The fourth-order valence-corrected chi connectivity index (χ4v) is 4.00. The summed E-state index contributed by atoms with van der Waals surface area (Å²) in [6.07, 6.45) is 3.38. The van der Waals surface area contributed by atoms with Crippen molar-refractivity contribution in [3.63, 3.8) is 0 Å². The van der Waals surface area contributed by atoms with Crippen molar-refractivity contribution in [2.75, 3.05) is 0 Å². The first kappa shape index (κ1) is 19.5. The molecular weight excluding hydrogens is 372 g/mol. The summed E-state index contributed by atoms with van der Waals surface area (Å²) >= 11 is 0. The third-order valence-electron chi connectivity index (χ3n) is 5.98. The highest BCUT2D eigenvalue weighted by molar-refractivity contribution is 6.40. The van der Waals surface area contributed by atoms with Gasteiger partial charge in [0.05, 0.1) is 22.8 Å². The number of hydrogen-bond acceptors (Lipinski definition) is 3. The van der Waals surface area contributed by atoms with E-state index in [2.05, 4.69) is 37.5 Å². The van der Waals surface area contributed by atoms with Gasteiger partial charge in [-0.25, -0.2) is 0 Å². The van der Waals surface area contributed by atoms with Crippen molar-refractivity contribution in [1.29, 1.82) is 5.26 Å². The fourth-order valence-electron chi connectivity index (χ4n) is 4.00. The zero-order valence-electron chi connectivity index (χ0n) is 17.2. The third-order valence-corrected chi connectivity index (χ3v) is 5.98. The van der Waals surface area contributed by atoms with Crippen molar-refractivity contribution >= 4 is 22.3 Å². The van der Waals surface area contributed by atoms with Crippen LogP contribution in [0, 0.1) is 18.3 Å². The van der Waals surface area contributed by atoms with Crippen molar-refractivity contribution in [3.8, 4) is 6.07 Å². The third kappa shape index (κ3) is 2.87. The first-order chi connectivity index (χ1) is 14.3. The summed E-state index contributed by atoms with van der Waals surface area (Å²) in [5, 5.41) is 20.6. The molecule has 1 aliphatic rings. The minimum absolute atomic E-state index is 0.0370. The number of rotatable bonds is 4. The number of Topliss-reactive ketones (excluding diaryl/α,β-unsaturated/α-hetero) is 1. The molecule has 30 heavy (non-hydrogen) atoms. The summed E-state index contributed by atoms with van der Waals surface area (Å²) in [6.45, 7) is 10.4. The number of H-pyrrole nitrogens is 1. The molecule has 1 heterocycles. The number of allylic oxidation sites excluding steroid dienone is 4. The van der Waals surface area contributed by atoms with Gasteiger partial charge in [-0.1, -0.05) is 44.7 Å². The normalized spacial score (nSPS) is 15.4. The average molecular weight is 394 g/mol. The Morgan fingerprint density at radius 2 is 1.97 bits per heavy atom. The lowest BCUT2D eigenvalue weighted by atomic mass is 9.74. The maximum absolute atomic E-state index is 12.9. The van der Waals surface area contributed by atoms with Crippen LogP contribution in [-0.2, 0) is 10.2 Å². The SMILES string of the molecule is C=C(/C=C1\C(=O)C(c2c[nH]c3ccc(C#N)cc23)=C1O)C(C)(C)c1ccccc1C. The highest BCUT2D eigenvalue weighted by Crippen LogP contribution is 2.41. The van der Waals surface area contributed by atoms with Gasteiger partial charge < -0.3 is 10.1 Å². The van der Waals surface area contributed by atoms with Crippen molar-refractivity contribution in [3.05, 3.63) is 100 Å². The molecule has 0 bridgehead atoms. The van der Waals surface area contributed by atoms with Gasteiger partial charge in [0.1, 0.15) is 5.76 Å². The van der Waals surface area contributed by atoms with Gasteiger partial charge in [-0.3, -0.25) is 4.79 Å². The number of aliphatic hydroxyl groups is 1. The summed E-state index contributed by atoms with van der Waals surface area (Å²) in [7, 11) is 0. The molecule has 0 amide bonds. The Labute approximate surface area is 175 Å². The van der Waals surface area contributed by atoms with Gasteiger partial charge in [-0.15, -0.1) is 0 Å². The number of carbonyl (C=O) groups is 1. The fraction of sp³-hybridized carbons (Fsp3) is 0.154. The van der Waals surface area contributed by atoms with Crippen molar-refractivity contribution in [2.45, 2.75) is 26.2 Å². The minimum Gasteiger partial charge on any atom is -0.506 e. The number of aromatic amines is 1. The Hall–Kier alpha value is -3.84. The number of nitriles is 1. The van der Waals surface area contributed by atoms with Gasteiger partial charge in [0, 0.05) is 28.1 Å². The largest absolute Gasteiger partial charge is 0.506 e. The molecule has 2 N–H and O–H groups in total. The number of aliphatic hydroxyl groups excluding tert-OH is 1. The molecule has 0 saturated carbocycles. The van der Waals surface area contributed by atoms with Crippen LogP contribution in [0.4, 0.5) is 0 Å². The number of aromatic nitrogens is 1. The molecule has 0 fully saturated rings.